The van der Waals surface area contributed by atoms with E-state index in [9.17, 15) is 14.4 Å². The van der Waals surface area contributed by atoms with E-state index in [0.717, 1.165) is 29.5 Å². The van der Waals surface area contributed by atoms with Gasteiger partial charge in [0.15, 0.2) is 0 Å². The Morgan fingerprint density at radius 3 is 2.25 bits per heavy atom. The molecule has 0 aliphatic carbocycles. The molecule has 1 heterocycles. The number of benzene rings is 4. The van der Waals surface area contributed by atoms with Crippen LogP contribution in [0.15, 0.2) is 97.1 Å². The van der Waals surface area contributed by atoms with Gasteiger partial charge in [0.05, 0.1) is 57.2 Å². The molecule has 3 amide bonds. The number of likely N-dealkylation sites (tertiary alicyclic amines) is 1. The zero-order chi connectivity index (χ0) is 33.9. The Kier molecular flexibility index (Phi) is 11.7. The molecular formula is C38H41N3O7. The lowest BCUT2D eigenvalue weighted by atomic mass is 10.1. The molecule has 0 spiro atoms. The van der Waals surface area contributed by atoms with Gasteiger partial charge in [-0.1, -0.05) is 60.7 Å². The van der Waals surface area contributed by atoms with Crippen molar-refractivity contribution >= 4 is 29.3 Å². The normalized spacial score (nSPS) is 15.4. The van der Waals surface area contributed by atoms with Gasteiger partial charge in [-0.05, 0) is 72.9 Å². The highest BCUT2D eigenvalue weighted by Crippen LogP contribution is 2.30. The van der Waals surface area contributed by atoms with E-state index in [1.807, 2.05) is 72.5 Å². The molecule has 1 saturated heterocycles. The summed E-state index contributed by atoms with van der Waals surface area (Å²) in [7, 11) is 2.86. The number of ether oxygens (including phenoxy) is 4. The van der Waals surface area contributed by atoms with Crippen molar-refractivity contribution in [1.29, 1.82) is 0 Å². The van der Waals surface area contributed by atoms with Gasteiger partial charge in [0, 0.05) is 5.69 Å². The minimum absolute atomic E-state index is 0.0715. The Morgan fingerprint density at radius 2 is 1.50 bits per heavy atom. The highest BCUT2D eigenvalue weighted by atomic mass is 16.5. The molecule has 0 aromatic heterocycles. The minimum atomic E-state index is -0.447. The topological polar surface area (TPSA) is 115 Å². The Hall–Kier alpha value is -5.35. The van der Waals surface area contributed by atoms with Crippen molar-refractivity contribution in [3.8, 4) is 11.5 Å². The largest absolute Gasteiger partial charge is 0.495 e. The molecule has 1 fully saturated rings. The van der Waals surface area contributed by atoms with Gasteiger partial charge in [-0.15, -0.1) is 0 Å². The molecule has 1 aliphatic heterocycles. The fourth-order valence-electron chi connectivity index (χ4n) is 5.81. The number of carbonyl (C=O) groups is 3. The Balaban J connectivity index is 1.27. The van der Waals surface area contributed by atoms with E-state index in [4.69, 9.17) is 18.9 Å². The van der Waals surface area contributed by atoms with Crippen LogP contribution in [-0.4, -0.2) is 62.3 Å². The molecule has 1 aliphatic rings. The third-order valence-corrected chi connectivity index (χ3v) is 8.29. The first-order valence-corrected chi connectivity index (χ1v) is 15.9. The summed E-state index contributed by atoms with van der Waals surface area (Å²) in [5.74, 6) is 0.443. The van der Waals surface area contributed by atoms with Crippen LogP contribution in [0.2, 0.25) is 0 Å². The van der Waals surface area contributed by atoms with Crippen molar-refractivity contribution in [2.75, 3.05) is 38.1 Å². The lowest BCUT2D eigenvalue weighted by Gasteiger charge is -2.30. The maximum Gasteiger partial charge on any atom is 0.337 e. The number of anilines is 2. The number of nitrogens with zero attached hydrogens (tertiary/aromatic N) is 1. The standard InChI is InChI=1S/C38H41N3O7/c1-26-10-7-8-15-33(26)39-38(44)40-34-19-16-28(20-35(34)45-2)21-36(42)41-30(24-47-23-27-11-5-4-6-12-27)17-18-31(41)25-48-32-14-9-13-29(22-32)37(43)46-3/h4-16,19-20,22,30-31H,17-18,21,23-25H2,1-3H3,(H2,39,40,44). The van der Waals surface area contributed by atoms with Crippen molar-refractivity contribution in [2.24, 2.45) is 0 Å². The SMILES string of the molecule is COC(=O)c1cccc(OCC2CCC(COCc3ccccc3)N2C(=O)Cc2ccc(NC(=O)Nc3ccccc3C)c(OC)c2)c1. The zero-order valence-corrected chi connectivity index (χ0v) is 27.4. The maximum atomic E-state index is 14.0. The van der Waals surface area contributed by atoms with Gasteiger partial charge in [-0.25, -0.2) is 9.59 Å². The van der Waals surface area contributed by atoms with E-state index < -0.39 is 12.0 Å². The molecule has 4 aromatic carbocycles. The maximum absolute atomic E-state index is 14.0. The number of para-hydroxylation sites is 1. The van der Waals surface area contributed by atoms with Crippen LogP contribution >= 0.6 is 0 Å². The molecule has 10 nitrogen and oxygen atoms in total. The van der Waals surface area contributed by atoms with Crippen LogP contribution in [0.25, 0.3) is 0 Å². The van der Waals surface area contributed by atoms with Gasteiger partial charge >= 0.3 is 12.0 Å². The number of rotatable bonds is 13. The number of aryl methyl sites for hydroxylation is 1. The second-order valence-corrected chi connectivity index (χ2v) is 11.6. The number of methoxy groups -OCH3 is 2. The third kappa shape index (κ3) is 8.92. The number of nitrogens with one attached hydrogen (secondary N) is 2. The first-order chi connectivity index (χ1) is 23.3. The lowest BCUT2D eigenvalue weighted by molar-refractivity contribution is -0.135. The van der Waals surface area contributed by atoms with Gasteiger partial charge in [-0.2, -0.15) is 0 Å². The number of hydrogen-bond acceptors (Lipinski definition) is 7. The summed E-state index contributed by atoms with van der Waals surface area (Å²) in [6, 6.07) is 28.8. The van der Waals surface area contributed by atoms with E-state index >= 15 is 0 Å². The second kappa shape index (κ2) is 16.5. The van der Waals surface area contributed by atoms with Gasteiger partial charge in [-0.3, -0.25) is 4.79 Å². The van der Waals surface area contributed by atoms with Crippen LogP contribution in [0, 0.1) is 6.92 Å². The number of amides is 3. The first kappa shape index (κ1) is 34.0. The predicted molar refractivity (Wildman–Crippen MR) is 184 cm³/mol. The van der Waals surface area contributed by atoms with Crippen LogP contribution < -0.4 is 20.1 Å². The summed E-state index contributed by atoms with van der Waals surface area (Å²) in [6.07, 6.45) is 1.62. The van der Waals surface area contributed by atoms with E-state index in [2.05, 4.69) is 10.6 Å². The van der Waals surface area contributed by atoms with Crippen LogP contribution in [-0.2, 0) is 27.3 Å². The minimum Gasteiger partial charge on any atom is -0.495 e. The smallest absolute Gasteiger partial charge is 0.337 e. The van der Waals surface area contributed by atoms with Crippen LogP contribution in [0.4, 0.5) is 16.2 Å². The fourth-order valence-corrected chi connectivity index (χ4v) is 5.81. The molecule has 5 rings (SSSR count). The molecule has 10 heteroatoms. The monoisotopic (exact) mass is 651 g/mol. The van der Waals surface area contributed by atoms with Crippen molar-refractivity contribution < 1.29 is 33.3 Å². The third-order valence-electron chi connectivity index (χ3n) is 8.29. The Morgan fingerprint density at radius 1 is 0.771 bits per heavy atom. The highest BCUT2D eigenvalue weighted by molar-refractivity contribution is 6.01. The summed E-state index contributed by atoms with van der Waals surface area (Å²) >= 11 is 0. The zero-order valence-electron chi connectivity index (χ0n) is 27.4. The molecule has 2 unspecified atom stereocenters. The van der Waals surface area contributed by atoms with Gasteiger partial charge in [0.2, 0.25) is 5.91 Å². The summed E-state index contributed by atoms with van der Waals surface area (Å²) in [6.45, 7) is 3.01. The summed E-state index contributed by atoms with van der Waals surface area (Å²) in [5, 5.41) is 5.69. The van der Waals surface area contributed by atoms with Crippen LogP contribution in [0.1, 0.15) is 39.9 Å². The molecule has 2 N–H and O–H groups in total. The molecule has 4 aromatic rings. The van der Waals surface area contributed by atoms with Crippen molar-refractivity contribution in [2.45, 2.75) is 44.9 Å². The van der Waals surface area contributed by atoms with E-state index in [-0.39, 0.29) is 31.0 Å². The van der Waals surface area contributed by atoms with Crippen LogP contribution in [0.3, 0.4) is 0 Å². The predicted octanol–water partition coefficient (Wildman–Crippen LogP) is 6.63. The number of hydrogen-bond donors (Lipinski definition) is 2. The van der Waals surface area contributed by atoms with Gasteiger partial charge in [0.25, 0.3) is 0 Å². The summed E-state index contributed by atoms with van der Waals surface area (Å²) < 4.78 is 22.6. The van der Waals surface area contributed by atoms with E-state index in [0.29, 0.717) is 41.7 Å². The molecule has 0 saturated carbocycles. The molecular weight excluding hydrogens is 610 g/mol. The number of carbonyl (C=O) groups excluding carboxylic acids is 3. The number of urea groups is 1. The molecule has 0 bridgehead atoms. The first-order valence-electron chi connectivity index (χ1n) is 15.9. The summed E-state index contributed by atoms with van der Waals surface area (Å²) in [4.78, 5) is 40.6. The van der Waals surface area contributed by atoms with E-state index in [1.54, 1.807) is 36.4 Å². The Bertz CT molecular complexity index is 1710. The molecule has 2 atom stereocenters. The van der Waals surface area contributed by atoms with Gasteiger partial charge < -0.3 is 34.5 Å². The molecule has 48 heavy (non-hydrogen) atoms. The number of esters is 1. The van der Waals surface area contributed by atoms with Crippen molar-refractivity contribution in [3.05, 3.63) is 119 Å². The van der Waals surface area contributed by atoms with Crippen molar-refractivity contribution in [1.82, 2.24) is 4.90 Å². The lowest BCUT2D eigenvalue weighted by Crippen LogP contribution is -2.46. The molecule has 250 valence electrons. The fraction of sp³-hybridized carbons (Fsp3) is 0.289. The Labute approximate surface area is 281 Å². The second-order valence-electron chi connectivity index (χ2n) is 11.6. The van der Waals surface area contributed by atoms with Gasteiger partial charge in [0.1, 0.15) is 18.1 Å². The quantitative estimate of drug-likeness (QED) is 0.156. The molecule has 0 radical (unpaired) electrons. The van der Waals surface area contributed by atoms with Crippen LogP contribution in [0.5, 0.6) is 11.5 Å². The average Bonchev–Trinajstić information content (AvgIpc) is 3.52. The van der Waals surface area contributed by atoms with E-state index in [1.165, 1.54) is 14.2 Å². The summed E-state index contributed by atoms with van der Waals surface area (Å²) in [5.41, 5.74) is 4.32. The highest BCUT2D eigenvalue weighted by Gasteiger charge is 2.37. The van der Waals surface area contributed by atoms with Crippen molar-refractivity contribution in [3.63, 3.8) is 0 Å². The average molecular weight is 652 g/mol.